The van der Waals surface area contributed by atoms with E-state index < -0.39 is 11.9 Å². The molecule has 1 unspecified atom stereocenters. The van der Waals surface area contributed by atoms with Crippen LogP contribution >= 0.6 is 23.2 Å². The molecule has 4 rings (SSSR count). The molecule has 3 atom stereocenters. The number of benzene rings is 2. The van der Waals surface area contributed by atoms with Crippen LogP contribution in [-0.2, 0) is 6.42 Å². The normalized spacial score (nSPS) is 24.8. The van der Waals surface area contributed by atoms with Crippen LogP contribution < -0.4 is 15.2 Å². The van der Waals surface area contributed by atoms with Gasteiger partial charge in [0, 0.05) is 28.2 Å². The van der Waals surface area contributed by atoms with Crippen molar-refractivity contribution in [2.45, 2.75) is 37.5 Å². The zero-order chi connectivity index (χ0) is 19.8. The first-order valence-corrected chi connectivity index (χ1v) is 10.2. The van der Waals surface area contributed by atoms with E-state index >= 15 is 0 Å². The van der Waals surface area contributed by atoms with Crippen molar-refractivity contribution in [3.05, 3.63) is 57.3 Å². The molecule has 2 aromatic carbocycles. The number of hydrogen-bond acceptors (Lipinski definition) is 4. The number of ether oxygens (including phenoxy) is 2. The van der Waals surface area contributed by atoms with E-state index in [1.807, 2.05) is 6.07 Å². The highest BCUT2D eigenvalue weighted by atomic mass is 35.5. The number of halogens is 3. The average Bonchev–Trinajstić information content (AvgIpc) is 3.02. The van der Waals surface area contributed by atoms with Gasteiger partial charge in [-0.05, 0) is 55.6 Å². The number of nitrogens with zero attached hydrogens (tertiary/aromatic N) is 1. The Morgan fingerprint density at radius 3 is 2.82 bits per heavy atom. The molecule has 1 heterocycles. The van der Waals surface area contributed by atoms with E-state index in [4.69, 9.17) is 38.4 Å². The van der Waals surface area contributed by atoms with Crippen molar-refractivity contribution in [3.8, 4) is 11.5 Å². The van der Waals surface area contributed by atoms with Crippen LogP contribution in [0.4, 0.5) is 4.39 Å². The number of likely N-dealkylation sites (tertiary alicyclic amines) is 1. The number of fused-ring (bicyclic) bond motifs is 1. The molecule has 150 valence electrons. The standard InChI is InChI=1S/C21H23Cl2FN2O2/c1-27-19-6-2-5-17(24)21(19)28-20-15-8-12(22)9-16(23)14(15)10-18(20)26-7-3-4-13(25)11-26/h2,5-6,8-9,13,18,20H,3-4,7,10-11,25H2,1H3/t13?,18-,20-/m1/s1. The summed E-state index contributed by atoms with van der Waals surface area (Å²) in [5, 5.41) is 1.15. The number of para-hydroxylation sites is 1. The van der Waals surface area contributed by atoms with Crippen molar-refractivity contribution in [1.29, 1.82) is 0 Å². The largest absolute Gasteiger partial charge is 0.493 e. The SMILES string of the molecule is COc1cccc(F)c1O[C@@H]1c2cc(Cl)cc(Cl)c2C[C@H]1N1CCCC(N)C1. The van der Waals surface area contributed by atoms with Gasteiger partial charge in [-0.2, -0.15) is 0 Å². The Morgan fingerprint density at radius 1 is 1.25 bits per heavy atom. The van der Waals surface area contributed by atoms with Crippen LogP contribution in [0.1, 0.15) is 30.1 Å². The highest BCUT2D eigenvalue weighted by molar-refractivity contribution is 6.35. The van der Waals surface area contributed by atoms with E-state index in [-0.39, 0.29) is 17.8 Å². The van der Waals surface area contributed by atoms with Gasteiger partial charge in [-0.25, -0.2) is 4.39 Å². The van der Waals surface area contributed by atoms with Crippen molar-refractivity contribution in [3.63, 3.8) is 0 Å². The molecule has 0 aromatic heterocycles. The Balaban J connectivity index is 1.74. The lowest BCUT2D eigenvalue weighted by Gasteiger charge is -2.38. The van der Waals surface area contributed by atoms with Gasteiger partial charge in [-0.15, -0.1) is 0 Å². The summed E-state index contributed by atoms with van der Waals surface area (Å²) in [6.45, 7) is 1.70. The van der Waals surface area contributed by atoms with Crippen LogP contribution in [0.5, 0.6) is 11.5 Å². The summed E-state index contributed by atoms with van der Waals surface area (Å²) < 4.78 is 26.2. The fourth-order valence-corrected chi connectivity index (χ4v) is 4.90. The van der Waals surface area contributed by atoms with Crippen molar-refractivity contribution in [2.75, 3.05) is 20.2 Å². The third kappa shape index (κ3) is 3.69. The average molecular weight is 425 g/mol. The molecule has 7 heteroatoms. The van der Waals surface area contributed by atoms with E-state index in [0.29, 0.717) is 22.2 Å². The maximum absolute atomic E-state index is 14.6. The third-order valence-electron chi connectivity index (χ3n) is 5.62. The molecule has 1 aliphatic carbocycles. The van der Waals surface area contributed by atoms with Crippen molar-refractivity contribution in [1.82, 2.24) is 4.90 Å². The van der Waals surface area contributed by atoms with Crippen LogP contribution in [0, 0.1) is 5.82 Å². The summed E-state index contributed by atoms with van der Waals surface area (Å²) in [6, 6.07) is 8.38. The van der Waals surface area contributed by atoms with Gasteiger partial charge in [0.1, 0.15) is 6.10 Å². The molecule has 0 spiro atoms. The summed E-state index contributed by atoms with van der Waals surface area (Å²) in [4.78, 5) is 2.33. The first kappa shape index (κ1) is 19.8. The van der Waals surface area contributed by atoms with Crippen molar-refractivity contribution in [2.24, 2.45) is 5.73 Å². The number of nitrogens with two attached hydrogens (primary N) is 1. The molecule has 1 aliphatic heterocycles. The molecule has 2 aromatic rings. The molecule has 2 N–H and O–H groups in total. The Morgan fingerprint density at radius 2 is 2.07 bits per heavy atom. The lowest BCUT2D eigenvalue weighted by atomic mass is 10.0. The van der Waals surface area contributed by atoms with Gasteiger partial charge in [-0.3, -0.25) is 4.90 Å². The minimum absolute atomic E-state index is 0.00151. The second-order valence-electron chi connectivity index (χ2n) is 7.43. The molecule has 28 heavy (non-hydrogen) atoms. The predicted molar refractivity (Wildman–Crippen MR) is 109 cm³/mol. The maximum atomic E-state index is 14.6. The fourth-order valence-electron chi connectivity index (χ4n) is 4.31. The number of piperidine rings is 1. The second-order valence-corrected chi connectivity index (χ2v) is 8.28. The van der Waals surface area contributed by atoms with Gasteiger partial charge in [0.15, 0.2) is 17.3 Å². The topological polar surface area (TPSA) is 47.7 Å². The predicted octanol–water partition coefficient (Wildman–Crippen LogP) is 4.61. The minimum atomic E-state index is -0.463. The summed E-state index contributed by atoms with van der Waals surface area (Å²) in [5.74, 6) is -0.00375. The Hall–Kier alpha value is -1.53. The highest BCUT2D eigenvalue weighted by Gasteiger charge is 2.41. The molecule has 4 nitrogen and oxygen atoms in total. The molecule has 0 amide bonds. The van der Waals surface area contributed by atoms with Crippen LogP contribution in [0.2, 0.25) is 10.0 Å². The highest BCUT2D eigenvalue weighted by Crippen LogP contribution is 2.45. The minimum Gasteiger partial charge on any atom is -0.493 e. The Labute approximate surface area is 174 Å². The zero-order valence-electron chi connectivity index (χ0n) is 15.6. The van der Waals surface area contributed by atoms with Gasteiger partial charge in [0.05, 0.1) is 13.2 Å². The summed E-state index contributed by atoms with van der Waals surface area (Å²) in [6.07, 6.45) is 2.33. The van der Waals surface area contributed by atoms with Gasteiger partial charge >= 0.3 is 0 Å². The number of rotatable bonds is 4. The zero-order valence-corrected chi connectivity index (χ0v) is 17.1. The van der Waals surface area contributed by atoms with Crippen LogP contribution in [0.3, 0.4) is 0 Å². The van der Waals surface area contributed by atoms with Crippen molar-refractivity contribution >= 4 is 23.2 Å². The van der Waals surface area contributed by atoms with Crippen LogP contribution in [0.15, 0.2) is 30.3 Å². The van der Waals surface area contributed by atoms with Crippen LogP contribution in [-0.4, -0.2) is 37.2 Å². The third-order valence-corrected chi connectivity index (χ3v) is 6.17. The van der Waals surface area contributed by atoms with Gasteiger partial charge in [0.25, 0.3) is 0 Å². The summed E-state index contributed by atoms with van der Waals surface area (Å²) in [7, 11) is 1.50. The first-order valence-electron chi connectivity index (χ1n) is 9.44. The second kappa shape index (κ2) is 8.07. The molecular weight excluding hydrogens is 402 g/mol. The number of methoxy groups -OCH3 is 1. The molecule has 0 radical (unpaired) electrons. The van der Waals surface area contributed by atoms with Crippen molar-refractivity contribution < 1.29 is 13.9 Å². The first-order chi connectivity index (χ1) is 13.5. The quantitative estimate of drug-likeness (QED) is 0.778. The monoisotopic (exact) mass is 424 g/mol. The lowest BCUT2D eigenvalue weighted by Crippen LogP contribution is -2.49. The Kier molecular flexibility index (Phi) is 5.70. The van der Waals surface area contributed by atoms with Gasteiger partial charge < -0.3 is 15.2 Å². The van der Waals surface area contributed by atoms with E-state index in [0.717, 1.165) is 37.1 Å². The maximum Gasteiger partial charge on any atom is 0.197 e. The van der Waals surface area contributed by atoms with E-state index in [9.17, 15) is 4.39 Å². The van der Waals surface area contributed by atoms with E-state index in [1.54, 1.807) is 18.2 Å². The molecular formula is C21H23Cl2FN2O2. The number of hydrogen-bond donors (Lipinski definition) is 1. The van der Waals surface area contributed by atoms with E-state index in [2.05, 4.69) is 4.90 Å². The van der Waals surface area contributed by atoms with Gasteiger partial charge in [0.2, 0.25) is 0 Å². The summed E-state index contributed by atoms with van der Waals surface area (Å²) >= 11 is 12.8. The Bertz CT molecular complexity index is 880. The molecule has 0 saturated carbocycles. The van der Waals surface area contributed by atoms with Crippen LogP contribution in [0.25, 0.3) is 0 Å². The summed E-state index contributed by atoms with van der Waals surface area (Å²) in [5.41, 5.74) is 8.10. The van der Waals surface area contributed by atoms with E-state index in [1.165, 1.54) is 13.2 Å². The molecule has 1 saturated heterocycles. The lowest BCUT2D eigenvalue weighted by molar-refractivity contribution is 0.0554. The van der Waals surface area contributed by atoms with Gasteiger partial charge in [-0.1, -0.05) is 29.3 Å². The molecule has 1 fully saturated rings. The molecule has 2 aliphatic rings. The fraction of sp³-hybridized carbons (Fsp3) is 0.429. The smallest absolute Gasteiger partial charge is 0.197 e. The molecule has 0 bridgehead atoms.